The Morgan fingerprint density at radius 1 is 1.19 bits per heavy atom. The van der Waals surface area contributed by atoms with Crippen molar-refractivity contribution in [2.24, 2.45) is 0 Å². The largest absolute Gasteiger partial charge is 0.377 e. The summed E-state index contributed by atoms with van der Waals surface area (Å²) < 4.78 is 32.8. The lowest BCUT2D eigenvalue weighted by Gasteiger charge is -2.20. The molecule has 0 heterocycles. The molecular formula is C17H27F2NO. The minimum absolute atomic E-state index is 0.134. The third-order valence-corrected chi connectivity index (χ3v) is 3.72. The van der Waals surface area contributed by atoms with Crippen LogP contribution in [0.15, 0.2) is 18.2 Å². The quantitative estimate of drug-likeness (QED) is 0.637. The molecule has 0 spiro atoms. The van der Waals surface area contributed by atoms with Crippen LogP contribution >= 0.6 is 0 Å². The van der Waals surface area contributed by atoms with Gasteiger partial charge in [-0.05, 0) is 26.5 Å². The Labute approximate surface area is 126 Å². The molecule has 2 unspecified atom stereocenters. The topological polar surface area (TPSA) is 21.3 Å². The van der Waals surface area contributed by atoms with Crippen LogP contribution in [-0.4, -0.2) is 19.8 Å². The second-order valence-electron chi connectivity index (χ2n) is 5.48. The van der Waals surface area contributed by atoms with Gasteiger partial charge in [0.05, 0.1) is 18.8 Å². The van der Waals surface area contributed by atoms with Gasteiger partial charge in [0.25, 0.3) is 0 Å². The van der Waals surface area contributed by atoms with Crippen LogP contribution in [0.1, 0.15) is 57.6 Å². The number of unbranched alkanes of at least 4 members (excludes halogenated alkanes) is 3. The zero-order chi connectivity index (χ0) is 15.7. The van der Waals surface area contributed by atoms with Crippen LogP contribution in [0, 0.1) is 11.6 Å². The molecule has 4 heteroatoms. The van der Waals surface area contributed by atoms with Crippen LogP contribution in [-0.2, 0) is 4.74 Å². The molecule has 21 heavy (non-hydrogen) atoms. The summed E-state index contributed by atoms with van der Waals surface area (Å²) >= 11 is 0. The monoisotopic (exact) mass is 299 g/mol. The second kappa shape index (κ2) is 9.85. The Morgan fingerprint density at radius 3 is 2.62 bits per heavy atom. The molecule has 120 valence electrons. The first kappa shape index (κ1) is 18.1. The molecule has 2 nitrogen and oxygen atoms in total. The number of benzene rings is 1. The molecule has 0 aromatic heterocycles. The lowest BCUT2D eigenvalue weighted by molar-refractivity contribution is 0.0434. The highest BCUT2D eigenvalue weighted by Crippen LogP contribution is 2.20. The summed E-state index contributed by atoms with van der Waals surface area (Å²) in [6, 6.07) is 3.91. The molecule has 0 fully saturated rings. The van der Waals surface area contributed by atoms with Gasteiger partial charge < -0.3 is 10.1 Å². The Hall–Kier alpha value is -1.00. The summed E-state index contributed by atoms with van der Waals surface area (Å²) in [6.07, 6.45) is 5.97. The lowest BCUT2D eigenvalue weighted by Crippen LogP contribution is -2.25. The van der Waals surface area contributed by atoms with E-state index in [1.165, 1.54) is 25.3 Å². The Kier molecular flexibility index (Phi) is 8.47. The van der Waals surface area contributed by atoms with Crippen molar-refractivity contribution in [1.29, 1.82) is 0 Å². The van der Waals surface area contributed by atoms with E-state index in [-0.39, 0.29) is 12.1 Å². The minimum atomic E-state index is -0.819. The molecule has 0 aliphatic heterocycles. The molecular weight excluding hydrogens is 272 g/mol. The Bertz CT molecular complexity index is 412. The van der Waals surface area contributed by atoms with E-state index in [0.29, 0.717) is 12.2 Å². The number of rotatable bonds is 10. The van der Waals surface area contributed by atoms with Crippen molar-refractivity contribution >= 4 is 0 Å². The second-order valence-corrected chi connectivity index (χ2v) is 5.48. The van der Waals surface area contributed by atoms with E-state index in [9.17, 15) is 8.78 Å². The van der Waals surface area contributed by atoms with Crippen LogP contribution in [0.5, 0.6) is 0 Å². The van der Waals surface area contributed by atoms with Gasteiger partial charge in [0.15, 0.2) is 11.6 Å². The molecule has 2 atom stereocenters. The van der Waals surface area contributed by atoms with Crippen molar-refractivity contribution in [1.82, 2.24) is 5.32 Å². The summed E-state index contributed by atoms with van der Waals surface area (Å²) in [4.78, 5) is 0. The van der Waals surface area contributed by atoms with Gasteiger partial charge in [-0.3, -0.25) is 0 Å². The number of hydrogen-bond acceptors (Lipinski definition) is 2. The first-order chi connectivity index (χ1) is 10.1. The van der Waals surface area contributed by atoms with E-state index < -0.39 is 11.6 Å². The van der Waals surface area contributed by atoms with Crippen molar-refractivity contribution in [3.8, 4) is 0 Å². The zero-order valence-electron chi connectivity index (χ0n) is 13.3. The number of nitrogens with one attached hydrogen (secondary N) is 1. The van der Waals surface area contributed by atoms with Gasteiger partial charge in [0, 0.05) is 5.56 Å². The molecule has 0 aliphatic carbocycles. The fourth-order valence-electron chi connectivity index (χ4n) is 2.32. The molecule has 0 radical (unpaired) electrons. The molecule has 0 bridgehead atoms. The van der Waals surface area contributed by atoms with E-state index in [1.54, 1.807) is 13.1 Å². The summed E-state index contributed by atoms with van der Waals surface area (Å²) in [5.41, 5.74) is 0.315. The fraction of sp³-hybridized carbons (Fsp3) is 0.647. The van der Waals surface area contributed by atoms with E-state index in [0.717, 1.165) is 18.9 Å². The predicted molar refractivity (Wildman–Crippen MR) is 82.3 cm³/mol. The van der Waals surface area contributed by atoms with Crippen LogP contribution in [0.4, 0.5) is 8.78 Å². The molecule has 1 aromatic rings. The van der Waals surface area contributed by atoms with E-state index in [2.05, 4.69) is 12.2 Å². The van der Waals surface area contributed by atoms with Crippen molar-refractivity contribution in [3.63, 3.8) is 0 Å². The van der Waals surface area contributed by atoms with Gasteiger partial charge >= 0.3 is 0 Å². The van der Waals surface area contributed by atoms with E-state index >= 15 is 0 Å². The minimum Gasteiger partial charge on any atom is -0.377 e. The van der Waals surface area contributed by atoms with Crippen LogP contribution in [0.25, 0.3) is 0 Å². The maximum Gasteiger partial charge on any atom is 0.163 e. The summed E-state index contributed by atoms with van der Waals surface area (Å²) in [7, 11) is 1.73. The number of halogens is 2. The van der Waals surface area contributed by atoms with Crippen molar-refractivity contribution in [2.75, 3.05) is 13.7 Å². The average Bonchev–Trinajstić information content (AvgIpc) is 2.48. The third kappa shape index (κ3) is 6.10. The van der Waals surface area contributed by atoms with Crippen molar-refractivity contribution in [2.45, 2.75) is 58.1 Å². The highest BCUT2D eigenvalue weighted by Gasteiger charge is 2.17. The van der Waals surface area contributed by atoms with E-state index in [4.69, 9.17) is 4.74 Å². The molecule has 1 rings (SSSR count). The van der Waals surface area contributed by atoms with Crippen molar-refractivity contribution in [3.05, 3.63) is 35.4 Å². The third-order valence-electron chi connectivity index (χ3n) is 3.72. The van der Waals surface area contributed by atoms with Gasteiger partial charge in [0.2, 0.25) is 0 Å². The Morgan fingerprint density at radius 2 is 1.95 bits per heavy atom. The smallest absolute Gasteiger partial charge is 0.163 e. The summed E-state index contributed by atoms with van der Waals surface area (Å²) in [5.74, 6) is -1.61. The van der Waals surface area contributed by atoms with Gasteiger partial charge in [0.1, 0.15) is 0 Å². The van der Waals surface area contributed by atoms with Crippen LogP contribution in [0.2, 0.25) is 0 Å². The van der Waals surface area contributed by atoms with Gasteiger partial charge in [-0.1, -0.05) is 44.7 Å². The summed E-state index contributed by atoms with van der Waals surface area (Å²) in [5, 5.41) is 2.99. The maximum atomic E-state index is 13.8. The van der Waals surface area contributed by atoms with Crippen LogP contribution in [0.3, 0.4) is 0 Å². The molecule has 0 aliphatic rings. The molecule has 0 amide bonds. The van der Waals surface area contributed by atoms with Gasteiger partial charge in [-0.25, -0.2) is 8.78 Å². The van der Waals surface area contributed by atoms with Crippen LogP contribution < -0.4 is 5.32 Å². The zero-order valence-corrected chi connectivity index (χ0v) is 13.3. The Balaban J connectivity index is 2.45. The number of hydrogen-bond donors (Lipinski definition) is 1. The predicted octanol–water partition coefficient (Wildman–Crippen LogP) is 4.60. The fourth-order valence-corrected chi connectivity index (χ4v) is 2.32. The first-order valence-electron chi connectivity index (χ1n) is 7.82. The van der Waals surface area contributed by atoms with Gasteiger partial charge in [-0.15, -0.1) is 0 Å². The molecule has 1 N–H and O–H groups in total. The molecule has 0 saturated heterocycles. The number of ether oxygens (including phenoxy) is 1. The lowest BCUT2D eigenvalue weighted by atomic mass is 10.1. The maximum absolute atomic E-state index is 13.8. The summed E-state index contributed by atoms with van der Waals surface area (Å²) in [6.45, 7) is 4.55. The molecule has 0 saturated carbocycles. The number of likely N-dealkylation sites (N-methyl/N-ethyl adjacent to an activating group) is 1. The highest BCUT2D eigenvalue weighted by atomic mass is 19.2. The SMILES string of the molecule is CCCCCCC(C)OCC(NC)c1cccc(F)c1F. The molecule has 1 aromatic carbocycles. The average molecular weight is 299 g/mol. The first-order valence-corrected chi connectivity index (χ1v) is 7.82. The van der Waals surface area contributed by atoms with Gasteiger partial charge in [-0.2, -0.15) is 0 Å². The van der Waals surface area contributed by atoms with Crippen molar-refractivity contribution < 1.29 is 13.5 Å². The standard InChI is InChI=1S/C17H27F2NO/c1-4-5-6-7-9-13(2)21-12-16(20-3)14-10-8-11-15(18)17(14)19/h8,10-11,13,16,20H,4-7,9,12H2,1-3H3. The normalized spacial score (nSPS) is 14.1. The highest BCUT2D eigenvalue weighted by molar-refractivity contribution is 5.22. The van der Waals surface area contributed by atoms with E-state index in [1.807, 2.05) is 6.92 Å².